The summed E-state index contributed by atoms with van der Waals surface area (Å²) in [5.41, 5.74) is 8.47. The molecule has 1 aromatic carbocycles. The van der Waals surface area contributed by atoms with E-state index in [0.29, 0.717) is 30.6 Å². The lowest BCUT2D eigenvalue weighted by Gasteiger charge is -2.19. The van der Waals surface area contributed by atoms with Gasteiger partial charge in [-0.3, -0.25) is 19.4 Å². The van der Waals surface area contributed by atoms with Gasteiger partial charge in [0, 0.05) is 36.0 Å². The van der Waals surface area contributed by atoms with Gasteiger partial charge in [-0.15, -0.1) is 0 Å². The summed E-state index contributed by atoms with van der Waals surface area (Å²) in [6.07, 6.45) is 6.22. The standard InChI is InChI=1S/C24H29N5O3/c1-16-14-23(31)29-21-15-18(6-7-19(16)21)27-24(32)20(4-2-3-11-25)28-22(30)8-5-17-9-12-26-13-10-17/h6-7,9-10,12-15,20H,2-5,8,11,25H2,1H3,(H,27,32)(H,28,30)(H,29,31). The first kappa shape index (κ1) is 23.1. The van der Waals surface area contributed by atoms with Gasteiger partial charge < -0.3 is 21.4 Å². The molecule has 3 rings (SSSR count). The third-order valence-corrected chi connectivity index (χ3v) is 5.31. The van der Waals surface area contributed by atoms with Crippen molar-refractivity contribution in [1.82, 2.24) is 15.3 Å². The molecule has 2 amide bonds. The van der Waals surface area contributed by atoms with Gasteiger partial charge in [0.25, 0.3) is 0 Å². The molecule has 0 fully saturated rings. The van der Waals surface area contributed by atoms with E-state index in [1.807, 2.05) is 25.1 Å². The molecule has 3 aromatic rings. The zero-order valence-corrected chi connectivity index (χ0v) is 18.2. The van der Waals surface area contributed by atoms with E-state index in [9.17, 15) is 14.4 Å². The minimum Gasteiger partial charge on any atom is -0.344 e. The molecule has 0 saturated carbocycles. The molecular weight excluding hydrogens is 406 g/mol. The van der Waals surface area contributed by atoms with E-state index in [1.165, 1.54) is 6.07 Å². The molecule has 32 heavy (non-hydrogen) atoms. The number of nitrogens with one attached hydrogen (secondary N) is 3. The lowest BCUT2D eigenvalue weighted by atomic mass is 10.1. The summed E-state index contributed by atoms with van der Waals surface area (Å²) >= 11 is 0. The van der Waals surface area contributed by atoms with Gasteiger partial charge in [0.15, 0.2) is 0 Å². The van der Waals surface area contributed by atoms with Crippen LogP contribution in [0.2, 0.25) is 0 Å². The van der Waals surface area contributed by atoms with Crippen molar-refractivity contribution in [2.45, 2.75) is 45.1 Å². The topological polar surface area (TPSA) is 130 Å². The highest BCUT2D eigenvalue weighted by molar-refractivity contribution is 5.98. The minimum atomic E-state index is -0.668. The van der Waals surface area contributed by atoms with Gasteiger partial charge in [-0.2, -0.15) is 0 Å². The Kier molecular flexibility index (Phi) is 8.10. The number of aromatic nitrogens is 2. The number of hydrogen-bond acceptors (Lipinski definition) is 5. The molecule has 2 heterocycles. The van der Waals surface area contributed by atoms with Crippen LogP contribution in [0.4, 0.5) is 5.69 Å². The lowest BCUT2D eigenvalue weighted by Crippen LogP contribution is -2.44. The molecule has 0 spiro atoms. The molecular formula is C24H29N5O3. The van der Waals surface area contributed by atoms with Crippen LogP contribution in [0.25, 0.3) is 10.9 Å². The van der Waals surface area contributed by atoms with Crippen LogP contribution < -0.4 is 21.9 Å². The number of nitrogens with two attached hydrogens (primary N) is 1. The fraction of sp³-hybridized carbons (Fsp3) is 0.333. The van der Waals surface area contributed by atoms with Gasteiger partial charge in [0.1, 0.15) is 6.04 Å². The van der Waals surface area contributed by atoms with E-state index >= 15 is 0 Å². The predicted molar refractivity (Wildman–Crippen MR) is 125 cm³/mol. The molecule has 0 saturated heterocycles. The van der Waals surface area contributed by atoms with Crippen LogP contribution in [0.5, 0.6) is 0 Å². The highest BCUT2D eigenvalue weighted by Gasteiger charge is 2.20. The van der Waals surface area contributed by atoms with E-state index in [2.05, 4.69) is 20.6 Å². The van der Waals surface area contributed by atoms with E-state index in [0.717, 1.165) is 29.4 Å². The summed E-state index contributed by atoms with van der Waals surface area (Å²) in [4.78, 5) is 44.0. The van der Waals surface area contributed by atoms with E-state index < -0.39 is 6.04 Å². The summed E-state index contributed by atoms with van der Waals surface area (Å²) in [6, 6.07) is 9.97. The van der Waals surface area contributed by atoms with E-state index in [4.69, 9.17) is 5.73 Å². The number of anilines is 1. The van der Waals surface area contributed by atoms with Gasteiger partial charge in [0.05, 0.1) is 5.52 Å². The third-order valence-electron chi connectivity index (χ3n) is 5.31. The molecule has 0 bridgehead atoms. The monoisotopic (exact) mass is 435 g/mol. The maximum Gasteiger partial charge on any atom is 0.248 e. The average Bonchev–Trinajstić information content (AvgIpc) is 2.77. The van der Waals surface area contributed by atoms with Gasteiger partial charge >= 0.3 is 0 Å². The molecule has 0 aliphatic heterocycles. The van der Waals surface area contributed by atoms with Crippen molar-refractivity contribution in [2.24, 2.45) is 5.73 Å². The highest BCUT2D eigenvalue weighted by atomic mass is 16.2. The smallest absolute Gasteiger partial charge is 0.248 e. The molecule has 8 heteroatoms. The van der Waals surface area contributed by atoms with Gasteiger partial charge in [-0.05, 0) is 74.5 Å². The number of pyridine rings is 2. The Morgan fingerprint density at radius 1 is 1.12 bits per heavy atom. The number of aryl methyl sites for hydroxylation is 2. The maximum absolute atomic E-state index is 12.9. The van der Waals surface area contributed by atoms with Crippen molar-refractivity contribution in [1.29, 1.82) is 0 Å². The molecule has 0 radical (unpaired) electrons. The first-order chi connectivity index (χ1) is 15.5. The van der Waals surface area contributed by atoms with Crippen LogP contribution in [0.1, 0.15) is 36.8 Å². The normalized spacial score (nSPS) is 11.8. The SMILES string of the molecule is Cc1cc(=O)[nH]c2cc(NC(=O)C(CCCCN)NC(=O)CCc3ccncc3)ccc12. The minimum absolute atomic E-state index is 0.187. The van der Waals surface area contributed by atoms with Crippen molar-refractivity contribution in [3.05, 3.63) is 70.3 Å². The molecule has 1 atom stereocenters. The van der Waals surface area contributed by atoms with Crippen LogP contribution in [-0.4, -0.2) is 34.4 Å². The molecule has 0 aliphatic rings. The molecule has 1 unspecified atom stereocenters. The first-order valence-electron chi connectivity index (χ1n) is 10.8. The number of amides is 2. The van der Waals surface area contributed by atoms with Crippen molar-refractivity contribution >= 4 is 28.4 Å². The van der Waals surface area contributed by atoms with Crippen LogP contribution in [0.15, 0.2) is 53.6 Å². The van der Waals surface area contributed by atoms with Gasteiger partial charge in [-0.1, -0.05) is 6.07 Å². The Labute approximate surface area is 186 Å². The number of nitrogens with zero attached hydrogens (tertiary/aromatic N) is 1. The number of benzene rings is 1. The summed E-state index contributed by atoms with van der Waals surface area (Å²) < 4.78 is 0. The largest absolute Gasteiger partial charge is 0.344 e. The lowest BCUT2D eigenvalue weighted by molar-refractivity contribution is -0.126. The van der Waals surface area contributed by atoms with Crippen molar-refractivity contribution in [3.8, 4) is 0 Å². The quantitative estimate of drug-likeness (QED) is 0.363. The van der Waals surface area contributed by atoms with Crippen molar-refractivity contribution < 1.29 is 9.59 Å². The Morgan fingerprint density at radius 2 is 1.91 bits per heavy atom. The van der Waals surface area contributed by atoms with Crippen LogP contribution in [0.3, 0.4) is 0 Å². The van der Waals surface area contributed by atoms with Crippen LogP contribution >= 0.6 is 0 Å². The Morgan fingerprint density at radius 3 is 2.66 bits per heavy atom. The summed E-state index contributed by atoms with van der Waals surface area (Å²) in [6.45, 7) is 2.40. The third kappa shape index (κ3) is 6.49. The number of carbonyl (C=O) groups is 2. The maximum atomic E-state index is 12.9. The number of H-pyrrole nitrogens is 1. The Bertz CT molecular complexity index is 1130. The number of aromatic amines is 1. The van der Waals surface area contributed by atoms with Crippen LogP contribution in [0, 0.1) is 6.92 Å². The Hall–Kier alpha value is -3.52. The second-order valence-electron chi connectivity index (χ2n) is 7.83. The fourth-order valence-corrected chi connectivity index (χ4v) is 3.58. The fourth-order valence-electron chi connectivity index (χ4n) is 3.58. The van der Waals surface area contributed by atoms with Gasteiger partial charge in [-0.25, -0.2) is 0 Å². The molecule has 8 nitrogen and oxygen atoms in total. The van der Waals surface area contributed by atoms with E-state index in [1.54, 1.807) is 24.5 Å². The number of unbranched alkanes of at least 4 members (excludes halogenated alkanes) is 1. The number of hydrogen-bond donors (Lipinski definition) is 4. The Balaban J connectivity index is 1.67. The predicted octanol–water partition coefficient (Wildman–Crippen LogP) is 2.42. The zero-order valence-electron chi connectivity index (χ0n) is 18.2. The summed E-state index contributed by atoms with van der Waals surface area (Å²) in [5, 5.41) is 6.63. The average molecular weight is 436 g/mol. The zero-order chi connectivity index (χ0) is 22.9. The van der Waals surface area contributed by atoms with Crippen LogP contribution in [-0.2, 0) is 16.0 Å². The molecule has 5 N–H and O–H groups in total. The summed E-state index contributed by atoms with van der Waals surface area (Å²) in [7, 11) is 0. The molecule has 168 valence electrons. The summed E-state index contributed by atoms with van der Waals surface area (Å²) in [5.74, 6) is -0.484. The second kappa shape index (κ2) is 11.2. The number of rotatable bonds is 10. The highest BCUT2D eigenvalue weighted by Crippen LogP contribution is 2.19. The first-order valence-corrected chi connectivity index (χ1v) is 10.8. The van der Waals surface area contributed by atoms with Crippen molar-refractivity contribution in [2.75, 3.05) is 11.9 Å². The number of carbonyl (C=O) groups excluding carboxylic acids is 2. The number of fused-ring (bicyclic) bond motifs is 1. The van der Waals surface area contributed by atoms with E-state index in [-0.39, 0.29) is 23.8 Å². The second-order valence-corrected chi connectivity index (χ2v) is 7.83. The van der Waals surface area contributed by atoms with Crippen molar-refractivity contribution in [3.63, 3.8) is 0 Å². The molecule has 2 aromatic heterocycles. The molecule has 0 aliphatic carbocycles. The van der Waals surface area contributed by atoms with Gasteiger partial charge in [0.2, 0.25) is 17.4 Å².